The van der Waals surface area contributed by atoms with Gasteiger partial charge in [-0.25, -0.2) is 9.59 Å². The van der Waals surface area contributed by atoms with Crippen LogP contribution in [0.2, 0.25) is 0 Å². The number of ether oxygens (including phenoxy) is 5. The average molecular weight is 669 g/mol. The Morgan fingerprint density at radius 1 is 1.19 bits per heavy atom. The summed E-state index contributed by atoms with van der Waals surface area (Å²) in [5.41, 5.74) is -2.20. The number of aliphatic hydroxyl groups excluding tert-OH is 3. The fraction of sp³-hybridized carbons (Fsp3) is 0.613. The Kier molecular flexibility index (Phi) is 12.3. The zero-order valence-electron chi connectivity index (χ0n) is 26.0. The maximum absolute atomic E-state index is 13.5. The summed E-state index contributed by atoms with van der Waals surface area (Å²) in [4.78, 5) is 26.8. The Balaban J connectivity index is 1.70. The fourth-order valence-electron chi connectivity index (χ4n) is 5.94. The third kappa shape index (κ3) is 8.11. The van der Waals surface area contributed by atoms with Gasteiger partial charge in [0.2, 0.25) is 12.1 Å². The van der Waals surface area contributed by atoms with Gasteiger partial charge in [-0.3, -0.25) is 5.32 Å². The number of β-amino-alcohol motifs (C(OH)–C–C–N with tert-alkyl or cyclic N) is 1. The number of nitrogens with zero attached hydrogens (tertiary/aromatic N) is 1. The van der Waals surface area contributed by atoms with Crippen molar-refractivity contribution in [2.75, 3.05) is 40.1 Å². The lowest BCUT2D eigenvalue weighted by atomic mass is 9.78. The van der Waals surface area contributed by atoms with Crippen LogP contribution >= 0.6 is 0 Å². The molecule has 0 spiro atoms. The van der Waals surface area contributed by atoms with Gasteiger partial charge >= 0.3 is 11.9 Å². The number of carboxylic acids is 1. The number of nitrogens with one attached hydrogen (secondary N) is 1. The summed E-state index contributed by atoms with van der Waals surface area (Å²) in [6, 6.07) is 0. The van der Waals surface area contributed by atoms with Crippen molar-refractivity contribution in [3.05, 3.63) is 60.1 Å². The minimum absolute atomic E-state index is 0.0691. The first-order chi connectivity index (χ1) is 22.4. The lowest BCUT2D eigenvalue weighted by molar-refractivity contribution is -0.412. The Labute approximate surface area is 271 Å². The molecule has 0 unspecified atom stereocenters. The van der Waals surface area contributed by atoms with Crippen molar-refractivity contribution < 1.29 is 69.0 Å². The van der Waals surface area contributed by atoms with E-state index in [9.17, 15) is 45.3 Å². The Hall–Kier alpha value is -3.16. The number of esters is 1. The highest BCUT2D eigenvalue weighted by Gasteiger charge is 2.58. The molecule has 8 N–H and O–H groups in total. The summed E-state index contributed by atoms with van der Waals surface area (Å²) in [5.74, 6) is -6.34. The molecule has 3 aliphatic heterocycles. The number of carboxylic acid groups (broad SMARTS) is 1. The Bertz CT molecular complexity index is 1260. The van der Waals surface area contributed by atoms with E-state index in [1.165, 1.54) is 37.6 Å². The number of hydrogen-bond donors (Lipinski definition) is 8. The van der Waals surface area contributed by atoms with E-state index in [0.29, 0.717) is 18.4 Å². The molecule has 1 aliphatic carbocycles. The largest absolute Gasteiger partial charge is 0.478 e. The molecule has 16 nitrogen and oxygen atoms in total. The molecule has 16 heteroatoms. The standard InChI is InChI=1S/C31H44N2O14/c1-3-21-28(47-29-25(44-17-32-2)31(41,42)24(36)23(15-35)46-29)43-16-22(27(39)45-20-6-4-5-7-20)30(21,40)9-8-18-12-19(26(37)38)14-33(13-18)10-11-34/h3,8-9,12,14,16,20-21,23-25,28-29,32,34-36,40-42H,1,4-7,10-11,13,15,17H2,2H3,(H,37,38)/b9-8+/t21-,23+,24+,25-,28-,29-,30+/m0/s1. The molecule has 1 saturated heterocycles. The van der Waals surface area contributed by atoms with Gasteiger partial charge in [-0.05, 0) is 50.5 Å². The SMILES string of the molecule is C=C[C@H]1[C@H](O[C@@H]2O[C@H](CO)[C@@H](O)C(O)(O)[C@H]2OCNC)OC=C(C(=O)OC2CCCC2)[C@@]1(O)/C=C/C1=CC(C(=O)O)=CN(CCO)C1. The molecule has 47 heavy (non-hydrogen) atoms. The van der Waals surface area contributed by atoms with Crippen LogP contribution in [0.15, 0.2) is 60.1 Å². The number of rotatable bonds is 14. The zero-order valence-corrected chi connectivity index (χ0v) is 26.0. The summed E-state index contributed by atoms with van der Waals surface area (Å²) in [7, 11) is 1.52. The first-order valence-electron chi connectivity index (χ1n) is 15.3. The van der Waals surface area contributed by atoms with Crippen LogP contribution in [0.25, 0.3) is 0 Å². The normalized spacial score (nSPS) is 32.7. The second kappa shape index (κ2) is 15.8. The molecule has 4 aliphatic rings. The highest BCUT2D eigenvalue weighted by atomic mass is 16.8. The van der Waals surface area contributed by atoms with Gasteiger partial charge in [0.15, 0.2) is 12.4 Å². The van der Waals surface area contributed by atoms with E-state index in [1.54, 1.807) is 4.90 Å². The summed E-state index contributed by atoms with van der Waals surface area (Å²) < 4.78 is 28.5. The maximum atomic E-state index is 13.5. The predicted octanol–water partition coefficient (Wildman–Crippen LogP) is -1.66. The molecule has 0 aromatic heterocycles. The maximum Gasteiger partial charge on any atom is 0.340 e. The number of aliphatic hydroxyl groups is 6. The molecule has 3 heterocycles. The molecule has 0 aromatic carbocycles. The third-order valence-corrected chi connectivity index (χ3v) is 8.45. The first-order valence-corrected chi connectivity index (χ1v) is 15.3. The van der Waals surface area contributed by atoms with E-state index in [2.05, 4.69) is 11.9 Å². The summed E-state index contributed by atoms with van der Waals surface area (Å²) in [6.07, 6.45) is 1.85. The minimum atomic E-state index is -2.96. The van der Waals surface area contributed by atoms with E-state index in [0.717, 1.165) is 19.1 Å². The van der Waals surface area contributed by atoms with Crippen LogP contribution < -0.4 is 5.32 Å². The topological polar surface area (TPSA) is 237 Å². The Morgan fingerprint density at radius 2 is 1.91 bits per heavy atom. The molecule has 1 saturated carbocycles. The van der Waals surface area contributed by atoms with E-state index >= 15 is 0 Å². The van der Waals surface area contributed by atoms with Gasteiger partial charge in [-0.1, -0.05) is 12.2 Å². The monoisotopic (exact) mass is 668 g/mol. The van der Waals surface area contributed by atoms with Crippen LogP contribution in [-0.2, 0) is 33.3 Å². The molecule has 0 bridgehead atoms. The van der Waals surface area contributed by atoms with Gasteiger partial charge < -0.3 is 64.3 Å². The van der Waals surface area contributed by atoms with Crippen LogP contribution in [0.4, 0.5) is 0 Å². The second-order valence-electron chi connectivity index (χ2n) is 11.7. The first kappa shape index (κ1) is 36.7. The van der Waals surface area contributed by atoms with Gasteiger partial charge in [-0.2, -0.15) is 0 Å². The Morgan fingerprint density at radius 3 is 2.53 bits per heavy atom. The third-order valence-electron chi connectivity index (χ3n) is 8.45. The van der Waals surface area contributed by atoms with Gasteiger partial charge in [0.05, 0.1) is 31.4 Å². The van der Waals surface area contributed by atoms with E-state index < -0.39 is 66.7 Å². The van der Waals surface area contributed by atoms with Crippen molar-refractivity contribution in [1.29, 1.82) is 0 Å². The van der Waals surface area contributed by atoms with Crippen LogP contribution in [0.5, 0.6) is 0 Å². The summed E-state index contributed by atoms with van der Waals surface area (Å²) in [6.45, 7) is 2.82. The highest BCUT2D eigenvalue weighted by molar-refractivity contribution is 5.92. The van der Waals surface area contributed by atoms with Crippen molar-refractivity contribution >= 4 is 11.9 Å². The second-order valence-corrected chi connectivity index (χ2v) is 11.7. The van der Waals surface area contributed by atoms with Crippen molar-refractivity contribution in [1.82, 2.24) is 10.2 Å². The van der Waals surface area contributed by atoms with Gasteiger partial charge in [0.1, 0.15) is 35.7 Å². The fourth-order valence-corrected chi connectivity index (χ4v) is 5.94. The smallest absolute Gasteiger partial charge is 0.340 e. The molecule has 2 fully saturated rings. The molecular formula is C31H44N2O14. The summed E-state index contributed by atoms with van der Waals surface area (Å²) >= 11 is 0. The highest BCUT2D eigenvalue weighted by Crippen LogP contribution is 2.41. The van der Waals surface area contributed by atoms with Gasteiger partial charge in [0.25, 0.3) is 0 Å². The molecule has 7 atom stereocenters. The molecule has 0 radical (unpaired) electrons. The molecule has 262 valence electrons. The lowest BCUT2D eigenvalue weighted by Gasteiger charge is -2.48. The van der Waals surface area contributed by atoms with Gasteiger partial charge in [-0.15, -0.1) is 6.58 Å². The van der Waals surface area contributed by atoms with Crippen molar-refractivity contribution in [2.45, 2.75) is 74.1 Å². The molecule has 0 amide bonds. The van der Waals surface area contributed by atoms with Crippen molar-refractivity contribution in [2.24, 2.45) is 5.92 Å². The van der Waals surface area contributed by atoms with Crippen molar-refractivity contribution in [3.63, 3.8) is 0 Å². The summed E-state index contributed by atoms with van der Waals surface area (Å²) in [5, 5.41) is 75.7. The molecule has 4 rings (SSSR count). The van der Waals surface area contributed by atoms with Crippen molar-refractivity contribution in [3.8, 4) is 0 Å². The van der Waals surface area contributed by atoms with Crippen LogP contribution in [-0.4, -0.2) is 141 Å². The quantitative estimate of drug-likeness (QED) is 0.0587. The number of hydrogen-bond acceptors (Lipinski definition) is 15. The van der Waals surface area contributed by atoms with Crippen LogP contribution in [0, 0.1) is 5.92 Å². The zero-order chi connectivity index (χ0) is 34.4. The predicted molar refractivity (Wildman–Crippen MR) is 160 cm³/mol. The van der Waals surface area contributed by atoms with E-state index in [1.807, 2.05) is 0 Å². The lowest BCUT2D eigenvalue weighted by Crippen LogP contribution is -2.69. The number of aliphatic carboxylic acids is 1. The minimum Gasteiger partial charge on any atom is -0.478 e. The van der Waals surface area contributed by atoms with Crippen LogP contribution in [0.3, 0.4) is 0 Å². The van der Waals surface area contributed by atoms with Gasteiger partial charge in [0, 0.05) is 19.3 Å². The molecular weight excluding hydrogens is 624 g/mol. The average Bonchev–Trinajstić information content (AvgIpc) is 3.54. The van der Waals surface area contributed by atoms with E-state index in [-0.39, 0.29) is 43.7 Å². The van der Waals surface area contributed by atoms with E-state index in [4.69, 9.17) is 23.7 Å². The number of carbonyl (C=O) groups excluding carboxylic acids is 1. The molecule has 0 aromatic rings. The number of carbonyl (C=O) groups is 2. The van der Waals surface area contributed by atoms with Crippen LogP contribution in [0.1, 0.15) is 25.7 Å².